The van der Waals surface area contributed by atoms with Crippen LogP contribution >= 0.6 is 0 Å². The van der Waals surface area contributed by atoms with Crippen LogP contribution in [0.2, 0.25) is 0 Å². The van der Waals surface area contributed by atoms with Gasteiger partial charge in [0.1, 0.15) is 11.5 Å². The van der Waals surface area contributed by atoms with Crippen LogP contribution in [-0.4, -0.2) is 6.54 Å². The fourth-order valence-corrected chi connectivity index (χ4v) is 0.988. The van der Waals surface area contributed by atoms with Gasteiger partial charge in [-0.05, 0) is 31.0 Å². The first-order chi connectivity index (χ1) is 5.83. The van der Waals surface area contributed by atoms with Gasteiger partial charge in [-0.1, -0.05) is 5.11 Å². The summed E-state index contributed by atoms with van der Waals surface area (Å²) in [6.45, 7) is 2.45. The van der Waals surface area contributed by atoms with Crippen LogP contribution < -0.4 is 0 Å². The zero-order valence-corrected chi connectivity index (χ0v) is 7.03. The summed E-state index contributed by atoms with van der Waals surface area (Å²) >= 11 is 0. The van der Waals surface area contributed by atoms with E-state index in [1.807, 2.05) is 19.1 Å². The second-order valence-electron chi connectivity index (χ2n) is 2.57. The number of rotatable bonds is 4. The molecular formula is C8H11N3O. The van der Waals surface area contributed by atoms with E-state index in [4.69, 9.17) is 9.95 Å². The maximum atomic E-state index is 8.00. The summed E-state index contributed by atoms with van der Waals surface area (Å²) in [7, 11) is 0. The molecule has 0 N–H and O–H groups in total. The summed E-state index contributed by atoms with van der Waals surface area (Å²) in [5, 5.41) is 3.43. The topological polar surface area (TPSA) is 61.9 Å². The lowest BCUT2D eigenvalue weighted by Gasteiger charge is -1.91. The van der Waals surface area contributed by atoms with Crippen molar-refractivity contribution < 1.29 is 4.42 Å². The molecule has 0 bridgehead atoms. The standard InChI is InChI=1S/C8H11N3O/c1-7-4-5-8(12-7)3-2-6-10-11-9/h4-5H,2-3,6H2,1H3. The van der Waals surface area contributed by atoms with Gasteiger partial charge in [0.15, 0.2) is 0 Å². The molecule has 1 aromatic heterocycles. The van der Waals surface area contributed by atoms with E-state index >= 15 is 0 Å². The Labute approximate surface area is 70.8 Å². The Hall–Kier alpha value is -1.41. The highest BCUT2D eigenvalue weighted by Gasteiger charge is 1.96. The molecule has 0 aliphatic carbocycles. The Bertz CT molecular complexity index is 286. The molecule has 1 aromatic rings. The van der Waals surface area contributed by atoms with Gasteiger partial charge in [0.05, 0.1) is 0 Å². The van der Waals surface area contributed by atoms with Crippen molar-refractivity contribution in [3.63, 3.8) is 0 Å². The van der Waals surface area contributed by atoms with E-state index in [-0.39, 0.29) is 0 Å². The normalized spacial score (nSPS) is 9.42. The summed E-state index contributed by atoms with van der Waals surface area (Å²) < 4.78 is 5.33. The van der Waals surface area contributed by atoms with Gasteiger partial charge in [0.25, 0.3) is 0 Å². The quantitative estimate of drug-likeness (QED) is 0.293. The second kappa shape index (κ2) is 4.46. The second-order valence-corrected chi connectivity index (χ2v) is 2.57. The van der Waals surface area contributed by atoms with Gasteiger partial charge in [-0.25, -0.2) is 0 Å². The molecule has 0 aliphatic rings. The largest absolute Gasteiger partial charge is 0.466 e. The van der Waals surface area contributed by atoms with Crippen molar-refractivity contribution in [1.82, 2.24) is 0 Å². The third kappa shape index (κ3) is 2.68. The summed E-state index contributed by atoms with van der Waals surface area (Å²) in [6, 6.07) is 3.88. The predicted octanol–water partition coefficient (Wildman–Crippen LogP) is 2.83. The SMILES string of the molecule is Cc1ccc(CCCN=[N+]=[N-])o1. The summed E-state index contributed by atoms with van der Waals surface area (Å²) in [5.41, 5.74) is 8.00. The van der Waals surface area contributed by atoms with E-state index in [0.29, 0.717) is 6.54 Å². The van der Waals surface area contributed by atoms with Gasteiger partial charge in [-0.3, -0.25) is 0 Å². The molecule has 0 atom stereocenters. The van der Waals surface area contributed by atoms with Gasteiger partial charge in [-0.2, -0.15) is 0 Å². The molecule has 0 fully saturated rings. The fraction of sp³-hybridized carbons (Fsp3) is 0.500. The Morgan fingerprint density at radius 3 is 3.00 bits per heavy atom. The maximum Gasteiger partial charge on any atom is 0.104 e. The Balaban J connectivity index is 2.28. The van der Waals surface area contributed by atoms with Crippen LogP contribution in [0, 0.1) is 6.92 Å². The number of furan rings is 1. The zero-order valence-electron chi connectivity index (χ0n) is 7.03. The summed E-state index contributed by atoms with van der Waals surface area (Å²) in [6.07, 6.45) is 1.68. The van der Waals surface area contributed by atoms with Crippen LogP contribution in [0.4, 0.5) is 0 Å². The van der Waals surface area contributed by atoms with E-state index < -0.39 is 0 Å². The monoisotopic (exact) mass is 165 g/mol. The highest BCUT2D eigenvalue weighted by molar-refractivity contribution is 5.05. The van der Waals surface area contributed by atoms with E-state index in [1.54, 1.807) is 0 Å². The molecule has 1 rings (SSSR count). The van der Waals surface area contributed by atoms with E-state index in [2.05, 4.69) is 10.0 Å². The number of nitrogens with zero attached hydrogens (tertiary/aromatic N) is 3. The van der Waals surface area contributed by atoms with Crippen molar-refractivity contribution in [2.45, 2.75) is 19.8 Å². The molecular weight excluding hydrogens is 154 g/mol. The Morgan fingerprint density at radius 1 is 1.58 bits per heavy atom. The first kappa shape index (κ1) is 8.68. The lowest BCUT2D eigenvalue weighted by Crippen LogP contribution is -1.84. The molecule has 64 valence electrons. The number of hydrogen-bond acceptors (Lipinski definition) is 2. The number of azide groups is 1. The average Bonchev–Trinajstić information content (AvgIpc) is 2.45. The summed E-state index contributed by atoms with van der Waals surface area (Å²) in [4.78, 5) is 2.67. The van der Waals surface area contributed by atoms with Crippen LogP contribution in [0.5, 0.6) is 0 Å². The van der Waals surface area contributed by atoms with E-state index in [0.717, 1.165) is 24.4 Å². The minimum Gasteiger partial charge on any atom is -0.466 e. The van der Waals surface area contributed by atoms with Gasteiger partial charge in [-0.15, -0.1) is 0 Å². The highest BCUT2D eigenvalue weighted by atomic mass is 16.3. The third-order valence-corrected chi connectivity index (χ3v) is 1.54. The van der Waals surface area contributed by atoms with E-state index in [9.17, 15) is 0 Å². The van der Waals surface area contributed by atoms with Crippen molar-refractivity contribution in [3.8, 4) is 0 Å². The van der Waals surface area contributed by atoms with Crippen LogP contribution in [0.25, 0.3) is 10.4 Å². The summed E-state index contributed by atoms with van der Waals surface area (Å²) in [5.74, 6) is 1.88. The highest BCUT2D eigenvalue weighted by Crippen LogP contribution is 2.08. The minimum absolute atomic E-state index is 0.538. The van der Waals surface area contributed by atoms with Crippen molar-refractivity contribution >= 4 is 0 Å². The predicted molar refractivity (Wildman–Crippen MR) is 45.8 cm³/mol. The van der Waals surface area contributed by atoms with Gasteiger partial charge >= 0.3 is 0 Å². The number of hydrogen-bond donors (Lipinski definition) is 0. The van der Waals surface area contributed by atoms with Crippen molar-refractivity contribution in [1.29, 1.82) is 0 Å². The molecule has 1 heterocycles. The van der Waals surface area contributed by atoms with Crippen molar-refractivity contribution in [2.75, 3.05) is 6.54 Å². The fourth-order valence-electron chi connectivity index (χ4n) is 0.988. The average molecular weight is 165 g/mol. The molecule has 12 heavy (non-hydrogen) atoms. The maximum absolute atomic E-state index is 8.00. The molecule has 0 radical (unpaired) electrons. The molecule has 0 unspecified atom stereocenters. The Morgan fingerprint density at radius 2 is 2.42 bits per heavy atom. The molecule has 0 saturated heterocycles. The van der Waals surface area contributed by atoms with Gasteiger partial charge in [0, 0.05) is 17.9 Å². The molecule has 0 amide bonds. The molecule has 0 saturated carbocycles. The van der Waals surface area contributed by atoms with Crippen molar-refractivity contribution in [2.24, 2.45) is 5.11 Å². The van der Waals surface area contributed by atoms with Crippen LogP contribution in [-0.2, 0) is 6.42 Å². The third-order valence-electron chi connectivity index (χ3n) is 1.54. The smallest absolute Gasteiger partial charge is 0.104 e. The molecule has 0 aromatic carbocycles. The van der Waals surface area contributed by atoms with Crippen LogP contribution in [0.15, 0.2) is 21.7 Å². The lowest BCUT2D eigenvalue weighted by molar-refractivity contribution is 0.478. The van der Waals surface area contributed by atoms with Crippen molar-refractivity contribution in [3.05, 3.63) is 34.1 Å². The first-order valence-electron chi connectivity index (χ1n) is 3.89. The lowest BCUT2D eigenvalue weighted by atomic mass is 10.2. The minimum atomic E-state index is 0.538. The van der Waals surface area contributed by atoms with Gasteiger partial charge in [0.2, 0.25) is 0 Å². The molecule has 4 heteroatoms. The molecule has 0 aliphatic heterocycles. The molecule has 4 nitrogen and oxygen atoms in total. The number of aryl methyl sites for hydroxylation is 2. The zero-order chi connectivity index (χ0) is 8.81. The van der Waals surface area contributed by atoms with E-state index in [1.165, 1.54) is 0 Å². The van der Waals surface area contributed by atoms with Gasteiger partial charge < -0.3 is 4.42 Å². The molecule has 0 spiro atoms. The Kier molecular flexibility index (Phi) is 3.23. The van der Waals surface area contributed by atoms with Crippen LogP contribution in [0.3, 0.4) is 0 Å². The van der Waals surface area contributed by atoms with Crippen LogP contribution in [0.1, 0.15) is 17.9 Å². The first-order valence-corrected chi connectivity index (χ1v) is 3.89.